The van der Waals surface area contributed by atoms with E-state index in [9.17, 15) is 22.0 Å². The van der Waals surface area contributed by atoms with E-state index < -0.39 is 29.5 Å². The minimum absolute atomic E-state index is 0.277. The minimum atomic E-state index is -4.77. The molecule has 1 saturated heterocycles. The largest absolute Gasteiger partial charge is 0.418 e. The molecule has 0 N–H and O–H groups in total. The summed E-state index contributed by atoms with van der Waals surface area (Å²) in [6, 6.07) is 1.88. The Morgan fingerprint density at radius 1 is 1.33 bits per heavy atom. The lowest BCUT2D eigenvalue weighted by atomic mass is 10.1. The fourth-order valence-electron chi connectivity index (χ4n) is 1.44. The summed E-state index contributed by atoms with van der Waals surface area (Å²) < 4.78 is 73.5. The number of epoxide rings is 1. The molecule has 1 aromatic carbocycles. The highest BCUT2D eigenvalue weighted by atomic mass is 19.4. The first-order valence-electron chi connectivity index (χ1n) is 5.13. The van der Waals surface area contributed by atoms with Crippen LogP contribution in [0, 0.1) is 11.6 Å². The number of rotatable bonds is 4. The molecule has 18 heavy (non-hydrogen) atoms. The maximum atomic E-state index is 13.3. The van der Waals surface area contributed by atoms with Gasteiger partial charge < -0.3 is 9.47 Å². The molecule has 0 aromatic heterocycles. The fourth-order valence-corrected chi connectivity index (χ4v) is 1.44. The average Bonchev–Trinajstić information content (AvgIpc) is 3.03. The van der Waals surface area contributed by atoms with E-state index in [1.54, 1.807) is 0 Å². The summed E-state index contributed by atoms with van der Waals surface area (Å²) in [7, 11) is 0. The van der Waals surface area contributed by atoms with Crippen LogP contribution in [0.15, 0.2) is 18.2 Å². The molecule has 100 valence electrons. The number of benzene rings is 1. The number of alkyl halides is 3. The van der Waals surface area contributed by atoms with Gasteiger partial charge in [0.1, 0.15) is 17.7 Å². The van der Waals surface area contributed by atoms with Crippen molar-refractivity contribution in [2.75, 3.05) is 13.2 Å². The second-order valence-corrected chi connectivity index (χ2v) is 3.88. The zero-order chi connectivity index (χ0) is 13.3. The second-order valence-electron chi connectivity index (χ2n) is 3.88. The molecule has 2 rings (SSSR count). The third-order valence-electron chi connectivity index (χ3n) is 2.39. The van der Waals surface area contributed by atoms with Crippen LogP contribution in [0.4, 0.5) is 22.0 Å². The van der Waals surface area contributed by atoms with E-state index in [0.29, 0.717) is 12.7 Å². The third kappa shape index (κ3) is 3.17. The SMILES string of the molecule is Fc1ccc([C@@H](OC[C@H]2CO2)C(F)(F)F)c(F)c1. The van der Waals surface area contributed by atoms with E-state index in [1.807, 2.05) is 0 Å². The van der Waals surface area contributed by atoms with E-state index >= 15 is 0 Å². The number of hydrogen-bond donors (Lipinski definition) is 0. The topological polar surface area (TPSA) is 21.8 Å². The summed E-state index contributed by atoms with van der Waals surface area (Å²) in [5, 5.41) is 0. The first-order valence-corrected chi connectivity index (χ1v) is 5.13. The van der Waals surface area contributed by atoms with Gasteiger partial charge in [-0.3, -0.25) is 0 Å². The quantitative estimate of drug-likeness (QED) is 0.618. The van der Waals surface area contributed by atoms with Crippen molar-refractivity contribution in [3.63, 3.8) is 0 Å². The van der Waals surface area contributed by atoms with Crippen LogP contribution in [-0.4, -0.2) is 25.5 Å². The molecule has 0 saturated carbocycles. The molecule has 0 spiro atoms. The molecule has 1 aromatic rings. The Morgan fingerprint density at radius 3 is 2.50 bits per heavy atom. The zero-order valence-corrected chi connectivity index (χ0v) is 9.01. The molecule has 1 fully saturated rings. The Kier molecular flexibility index (Phi) is 3.54. The molecule has 0 bridgehead atoms. The normalized spacial score (nSPS) is 20.8. The van der Waals surface area contributed by atoms with Gasteiger partial charge in [0.15, 0.2) is 6.10 Å². The van der Waals surface area contributed by atoms with Crippen LogP contribution >= 0.6 is 0 Å². The van der Waals surface area contributed by atoms with Gasteiger partial charge in [-0.2, -0.15) is 13.2 Å². The summed E-state index contributed by atoms with van der Waals surface area (Å²) in [5.41, 5.74) is -0.732. The molecule has 1 aliphatic heterocycles. The summed E-state index contributed by atoms with van der Waals surface area (Å²) in [4.78, 5) is 0. The molecular formula is C11H9F5O2. The maximum absolute atomic E-state index is 13.3. The Balaban J connectivity index is 2.20. The van der Waals surface area contributed by atoms with Gasteiger partial charge in [-0.1, -0.05) is 6.07 Å². The monoisotopic (exact) mass is 268 g/mol. The van der Waals surface area contributed by atoms with E-state index in [1.165, 1.54) is 0 Å². The van der Waals surface area contributed by atoms with Crippen molar-refractivity contribution in [1.82, 2.24) is 0 Å². The van der Waals surface area contributed by atoms with Crippen molar-refractivity contribution in [2.24, 2.45) is 0 Å². The Bertz CT molecular complexity index is 428. The molecular weight excluding hydrogens is 259 g/mol. The first kappa shape index (κ1) is 13.2. The number of ether oxygens (including phenoxy) is 2. The molecule has 2 atom stereocenters. The highest BCUT2D eigenvalue weighted by Crippen LogP contribution is 2.37. The predicted molar refractivity (Wildman–Crippen MR) is 50.8 cm³/mol. The van der Waals surface area contributed by atoms with Crippen molar-refractivity contribution >= 4 is 0 Å². The van der Waals surface area contributed by atoms with Crippen molar-refractivity contribution in [1.29, 1.82) is 0 Å². The fraction of sp³-hybridized carbons (Fsp3) is 0.455. The van der Waals surface area contributed by atoms with Crippen molar-refractivity contribution < 1.29 is 31.4 Å². The molecule has 0 aliphatic carbocycles. The van der Waals surface area contributed by atoms with Crippen molar-refractivity contribution in [3.8, 4) is 0 Å². The van der Waals surface area contributed by atoms with Crippen LogP contribution in [0.5, 0.6) is 0 Å². The van der Waals surface area contributed by atoms with Gasteiger partial charge >= 0.3 is 6.18 Å². The predicted octanol–water partition coefficient (Wildman–Crippen LogP) is 2.98. The highest BCUT2D eigenvalue weighted by molar-refractivity contribution is 5.22. The number of halogens is 5. The van der Waals surface area contributed by atoms with E-state index in [2.05, 4.69) is 4.74 Å². The second kappa shape index (κ2) is 4.81. The van der Waals surface area contributed by atoms with Crippen molar-refractivity contribution in [3.05, 3.63) is 35.4 Å². The summed E-state index contributed by atoms with van der Waals surface area (Å²) in [5.74, 6) is -2.23. The van der Waals surface area contributed by atoms with E-state index in [-0.39, 0.29) is 12.7 Å². The first-order chi connectivity index (χ1) is 8.38. The van der Waals surface area contributed by atoms with Gasteiger partial charge in [-0.25, -0.2) is 8.78 Å². The molecule has 0 amide bonds. The lowest BCUT2D eigenvalue weighted by Crippen LogP contribution is -2.26. The molecule has 7 heteroatoms. The van der Waals surface area contributed by atoms with E-state index in [4.69, 9.17) is 4.74 Å². The van der Waals surface area contributed by atoms with Gasteiger partial charge in [-0.15, -0.1) is 0 Å². The summed E-state index contributed by atoms with van der Waals surface area (Å²) in [6.07, 6.45) is -7.56. The maximum Gasteiger partial charge on any atom is 0.418 e. The summed E-state index contributed by atoms with van der Waals surface area (Å²) in [6.45, 7) is 0.0530. The van der Waals surface area contributed by atoms with Crippen LogP contribution in [0.2, 0.25) is 0 Å². The van der Waals surface area contributed by atoms with Crippen LogP contribution < -0.4 is 0 Å². The van der Waals surface area contributed by atoms with Gasteiger partial charge in [0.05, 0.1) is 13.2 Å². The number of hydrogen-bond acceptors (Lipinski definition) is 2. The van der Waals surface area contributed by atoms with Gasteiger partial charge in [-0.05, 0) is 6.07 Å². The third-order valence-corrected chi connectivity index (χ3v) is 2.39. The molecule has 0 radical (unpaired) electrons. The standard InChI is InChI=1S/C11H9F5O2/c12-6-1-2-8(9(13)3-6)10(11(14,15)16)18-5-7-4-17-7/h1-3,7,10H,4-5H2/t7-,10-/m1/s1. The minimum Gasteiger partial charge on any atom is -0.371 e. The Labute approximate surface area is 99.3 Å². The van der Waals surface area contributed by atoms with Crippen LogP contribution in [0.3, 0.4) is 0 Å². The van der Waals surface area contributed by atoms with E-state index in [0.717, 1.165) is 12.1 Å². The lowest BCUT2D eigenvalue weighted by molar-refractivity contribution is -0.225. The molecule has 1 heterocycles. The van der Waals surface area contributed by atoms with Crippen molar-refractivity contribution in [2.45, 2.75) is 18.4 Å². The zero-order valence-electron chi connectivity index (χ0n) is 9.01. The Hall–Kier alpha value is -1.21. The molecule has 1 aliphatic rings. The van der Waals surface area contributed by atoms with Crippen LogP contribution in [0.25, 0.3) is 0 Å². The van der Waals surface area contributed by atoms with Crippen LogP contribution in [-0.2, 0) is 9.47 Å². The summed E-state index contributed by atoms with van der Waals surface area (Å²) >= 11 is 0. The molecule has 2 nitrogen and oxygen atoms in total. The Morgan fingerprint density at radius 2 is 2.00 bits per heavy atom. The lowest BCUT2D eigenvalue weighted by Gasteiger charge is -2.21. The van der Waals surface area contributed by atoms with Gasteiger partial charge in [0.25, 0.3) is 0 Å². The van der Waals surface area contributed by atoms with Crippen LogP contribution in [0.1, 0.15) is 11.7 Å². The average molecular weight is 268 g/mol. The van der Waals surface area contributed by atoms with Gasteiger partial charge in [0, 0.05) is 11.6 Å². The smallest absolute Gasteiger partial charge is 0.371 e. The molecule has 0 unspecified atom stereocenters. The highest BCUT2D eigenvalue weighted by Gasteiger charge is 2.44. The van der Waals surface area contributed by atoms with Gasteiger partial charge in [0.2, 0.25) is 0 Å².